The number of hydrogen-bond acceptors (Lipinski definition) is 1. The minimum Gasteiger partial charge on any atom is -0.345 e. The summed E-state index contributed by atoms with van der Waals surface area (Å²) in [4.78, 5) is 12.7. The molecule has 0 radical (unpaired) electrons. The van der Waals surface area contributed by atoms with Crippen LogP contribution >= 0.6 is 11.6 Å². The van der Waals surface area contributed by atoms with E-state index in [0.29, 0.717) is 5.02 Å². The lowest BCUT2D eigenvalue weighted by Crippen LogP contribution is -2.18. The molecule has 0 aliphatic rings. The number of carbonyl (C=O) groups excluding carboxylic acids is 1. The monoisotopic (exact) mass is 209 g/mol. The fourth-order valence-electron chi connectivity index (χ4n) is 0.927. The molecule has 0 saturated heterocycles. The minimum absolute atomic E-state index is 0.0371. The Bertz CT molecular complexity index is 358. The van der Waals surface area contributed by atoms with Gasteiger partial charge in [-0.25, -0.2) is 0 Å². The van der Waals surface area contributed by atoms with Crippen molar-refractivity contribution in [1.82, 2.24) is 4.90 Å². The topological polar surface area (TPSA) is 20.3 Å². The minimum atomic E-state index is -0.0371. The Morgan fingerprint density at radius 2 is 2.14 bits per heavy atom. The van der Waals surface area contributed by atoms with E-state index >= 15 is 0 Å². The number of hydrogen-bond donors (Lipinski definition) is 0. The summed E-state index contributed by atoms with van der Waals surface area (Å²) in [6, 6.07) is 7.35. The predicted octanol–water partition coefficient (Wildman–Crippen LogP) is 2.44. The van der Waals surface area contributed by atoms with Crippen molar-refractivity contribution in [2.75, 3.05) is 14.1 Å². The van der Waals surface area contributed by atoms with Crippen LogP contribution in [0, 0.1) is 0 Å². The second kappa shape index (κ2) is 4.82. The number of carbonyl (C=O) groups is 1. The zero-order chi connectivity index (χ0) is 10.6. The molecule has 0 aliphatic heterocycles. The first-order chi connectivity index (χ1) is 6.59. The predicted molar refractivity (Wildman–Crippen MR) is 59.2 cm³/mol. The summed E-state index contributed by atoms with van der Waals surface area (Å²) in [7, 11) is 3.43. The van der Waals surface area contributed by atoms with Crippen LogP contribution in [0.1, 0.15) is 5.56 Å². The first kappa shape index (κ1) is 10.8. The zero-order valence-electron chi connectivity index (χ0n) is 8.20. The van der Waals surface area contributed by atoms with Crippen molar-refractivity contribution in [2.24, 2.45) is 0 Å². The SMILES string of the molecule is CN(C)C(=O)C=Cc1cccc(Cl)c1. The van der Waals surface area contributed by atoms with Crippen molar-refractivity contribution in [3.63, 3.8) is 0 Å². The van der Waals surface area contributed by atoms with Gasteiger partial charge in [0.05, 0.1) is 0 Å². The summed E-state index contributed by atoms with van der Waals surface area (Å²) >= 11 is 5.79. The second-order valence-electron chi connectivity index (χ2n) is 3.12. The fraction of sp³-hybridized carbons (Fsp3) is 0.182. The number of halogens is 1. The van der Waals surface area contributed by atoms with E-state index in [4.69, 9.17) is 11.6 Å². The highest BCUT2D eigenvalue weighted by molar-refractivity contribution is 6.30. The molecule has 0 aliphatic carbocycles. The van der Waals surface area contributed by atoms with E-state index in [2.05, 4.69) is 0 Å². The van der Waals surface area contributed by atoms with E-state index in [1.165, 1.54) is 11.0 Å². The summed E-state index contributed by atoms with van der Waals surface area (Å²) in [5, 5.41) is 0.671. The standard InChI is InChI=1S/C11H12ClNO/c1-13(2)11(14)7-6-9-4-3-5-10(12)8-9/h3-8H,1-2H3. The van der Waals surface area contributed by atoms with Crippen molar-refractivity contribution < 1.29 is 4.79 Å². The van der Waals surface area contributed by atoms with Gasteiger partial charge in [0.2, 0.25) is 5.91 Å². The summed E-state index contributed by atoms with van der Waals surface area (Å²) < 4.78 is 0. The molecule has 1 aromatic rings. The maximum absolute atomic E-state index is 11.2. The zero-order valence-corrected chi connectivity index (χ0v) is 8.95. The Hall–Kier alpha value is -1.28. The molecule has 0 saturated carbocycles. The molecule has 1 aromatic carbocycles. The van der Waals surface area contributed by atoms with E-state index in [1.807, 2.05) is 12.1 Å². The van der Waals surface area contributed by atoms with Gasteiger partial charge in [-0.1, -0.05) is 23.7 Å². The van der Waals surface area contributed by atoms with Crippen molar-refractivity contribution in [3.8, 4) is 0 Å². The highest BCUT2D eigenvalue weighted by Crippen LogP contribution is 2.11. The van der Waals surface area contributed by atoms with E-state index in [0.717, 1.165) is 5.56 Å². The maximum Gasteiger partial charge on any atom is 0.246 e. The quantitative estimate of drug-likeness (QED) is 0.686. The average molecular weight is 210 g/mol. The molecule has 0 atom stereocenters. The summed E-state index contributed by atoms with van der Waals surface area (Å²) in [6.45, 7) is 0. The number of nitrogens with zero attached hydrogens (tertiary/aromatic N) is 1. The van der Waals surface area contributed by atoms with Crippen LogP contribution in [0.25, 0.3) is 6.08 Å². The van der Waals surface area contributed by atoms with E-state index in [9.17, 15) is 4.79 Å². The molecule has 14 heavy (non-hydrogen) atoms. The molecule has 0 spiro atoms. The number of rotatable bonds is 2. The van der Waals surface area contributed by atoms with Gasteiger partial charge in [0, 0.05) is 25.2 Å². The Kier molecular flexibility index (Phi) is 3.72. The number of likely N-dealkylation sites (N-methyl/N-ethyl adjacent to an activating group) is 1. The molecule has 74 valence electrons. The third kappa shape index (κ3) is 3.23. The molecule has 0 N–H and O–H groups in total. The van der Waals surface area contributed by atoms with E-state index < -0.39 is 0 Å². The normalized spacial score (nSPS) is 10.5. The summed E-state index contributed by atoms with van der Waals surface area (Å²) in [6.07, 6.45) is 3.26. The maximum atomic E-state index is 11.2. The van der Waals surface area contributed by atoms with Crippen LogP contribution in [0.4, 0.5) is 0 Å². The van der Waals surface area contributed by atoms with E-state index in [1.54, 1.807) is 32.3 Å². The third-order valence-electron chi connectivity index (χ3n) is 1.71. The van der Waals surface area contributed by atoms with Gasteiger partial charge in [-0.15, -0.1) is 0 Å². The highest BCUT2D eigenvalue weighted by Gasteiger charge is 1.96. The Morgan fingerprint density at radius 3 is 2.71 bits per heavy atom. The van der Waals surface area contributed by atoms with Gasteiger partial charge in [-0.05, 0) is 23.8 Å². The van der Waals surface area contributed by atoms with Crippen molar-refractivity contribution in [1.29, 1.82) is 0 Å². The lowest BCUT2D eigenvalue weighted by Gasteiger charge is -2.04. The molecular formula is C11H12ClNO. The average Bonchev–Trinajstić information content (AvgIpc) is 2.14. The van der Waals surface area contributed by atoms with Crippen LogP contribution in [-0.2, 0) is 4.79 Å². The van der Waals surface area contributed by atoms with Crippen LogP contribution in [0.3, 0.4) is 0 Å². The molecule has 0 bridgehead atoms. The first-order valence-corrected chi connectivity index (χ1v) is 4.62. The Labute approximate surface area is 88.8 Å². The van der Waals surface area contributed by atoms with Gasteiger partial charge in [0.15, 0.2) is 0 Å². The molecule has 1 rings (SSSR count). The Balaban J connectivity index is 2.74. The third-order valence-corrected chi connectivity index (χ3v) is 1.94. The number of benzene rings is 1. The molecule has 0 unspecified atom stereocenters. The van der Waals surface area contributed by atoms with Crippen LogP contribution in [0.5, 0.6) is 0 Å². The molecule has 0 heterocycles. The smallest absolute Gasteiger partial charge is 0.246 e. The molecule has 1 amide bonds. The van der Waals surface area contributed by atoms with Gasteiger partial charge in [-0.2, -0.15) is 0 Å². The van der Waals surface area contributed by atoms with Crippen LogP contribution in [0.15, 0.2) is 30.3 Å². The van der Waals surface area contributed by atoms with Gasteiger partial charge in [0.25, 0.3) is 0 Å². The first-order valence-electron chi connectivity index (χ1n) is 4.24. The van der Waals surface area contributed by atoms with Crippen LogP contribution in [-0.4, -0.2) is 24.9 Å². The van der Waals surface area contributed by atoms with E-state index in [-0.39, 0.29) is 5.91 Å². The largest absolute Gasteiger partial charge is 0.345 e. The van der Waals surface area contributed by atoms with Crippen LogP contribution in [0.2, 0.25) is 5.02 Å². The van der Waals surface area contributed by atoms with Gasteiger partial charge in [0.1, 0.15) is 0 Å². The van der Waals surface area contributed by atoms with Gasteiger partial charge < -0.3 is 4.90 Å². The number of amides is 1. The lowest BCUT2D eigenvalue weighted by atomic mass is 10.2. The van der Waals surface area contributed by atoms with Crippen LogP contribution < -0.4 is 0 Å². The van der Waals surface area contributed by atoms with Gasteiger partial charge in [-0.3, -0.25) is 4.79 Å². The highest BCUT2D eigenvalue weighted by atomic mass is 35.5. The molecular weight excluding hydrogens is 198 g/mol. The molecule has 0 fully saturated rings. The van der Waals surface area contributed by atoms with Gasteiger partial charge >= 0.3 is 0 Å². The fourth-order valence-corrected chi connectivity index (χ4v) is 1.13. The second-order valence-corrected chi connectivity index (χ2v) is 3.56. The summed E-state index contributed by atoms with van der Waals surface area (Å²) in [5.41, 5.74) is 0.924. The Morgan fingerprint density at radius 1 is 1.43 bits per heavy atom. The van der Waals surface area contributed by atoms with Crippen molar-refractivity contribution in [3.05, 3.63) is 40.9 Å². The summed E-state index contributed by atoms with van der Waals surface area (Å²) in [5.74, 6) is -0.0371. The van der Waals surface area contributed by atoms with Crippen molar-refractivity contribution >= 4 is 23.6 Å². The molecule has 2 nitrogen and oxygen atoms in total. The lowest BCUT2D eigenvalue weighted by molar-refractivity contribution is -0.123. The molecule has 3 heteroatoms. The van der Waals surface area contributed by atoms with Crippen molar-refractivity contribution in [2.45, 2.75) is 0 Å². The molecule has 0 aromatic heterocycles.